The van der Waals surface area contributed by atoms with Crippen molar-refractivity contribution in [2.75, 3.05) is 17.4 Å². The van der Waals surface area contributed by atoms with Gasteiger partial charge >= 0.3 is 0 Å². The Hall–Kier alpha value is -4.25. The highest BCUT2D eigenvalue weighted by molar-refractivity contribution is 7.92. The molecule has 0 unspecified atom stereocenters. The minimum atomic E-state index is -4.29. The molecule has 0 bridgehead atoms. The smallest absolute Gasteiger partial charge is 0.271 e. The highest BCUT2D eigenvalue weighted by atomic mass is 32.2. The number of carbonyl (C=O) groups excluding carboxylic acids is 2. The number of hydrogen-bond donors (Lipinski definition) is 1. The first kappa shape index (κ1) is 29.7. The lowest BCUT2D eigenvalue weighted by Crippen LogP contribution is -2.53. The minimum Gasteiger partial charge on any atom is -0.352 e. The van der Waals surface area contributed by atoms with Gasteiger partial charge in [0.1, 0.15) is 12.6 Å². The Morgan fingerprint density at radius 2 is 1.61 bits per heavy atom. The summed E-state index contributed by atoms with van der Waals surface area (Å²) < 4.78 is 28.5. The van der Waals surface area contributed by atoms with Crippen LogP contribution in [-0.2, 0) is 26.0 Å². The SMILES string of the molecule is C[C@@H](C(=O)NC1CCCC1)N(CCc1ccccc1)C(=O)CN(c1cccc([N+](=O)[O-])c1)S(=O)(=O)c1ccccc1. The van der Waals surface area contributed by atoms with Gasteiger partial charge in [-0.15, -0.1) is 0 Å². The molecule has 3 aromatic rings. The maximum atomic E-state index is 13.9. The minimum absolute atomic E-state index is 0.0255. The van der Waals surface area contributed by atoms with Gasteiger partial charge in [0.05, 0.1) is 15.5 Å². The number of rotatable bonds is 12. The average molecular weight is 579 g/mol. The van der Waals surface area contributed by atoms with Gasteiger partial charge in [-0.1, -0.05) is 67.4 Å². The molecule has 0 radical (unpaired) electrons. The molecule has 1 saturated carbocycles. The van der Waals surface area contributed by atoms with Crippen molar-refractivity contribution in [3.8, 4) is 0 Å². The van der Waals surface area contributed by atoms with Crippen molar-refractivity contribution in [3.63, 3.8) is 0 Å². The maximum absolute atomic E-state index is 13.9. The number of amides is 2. The molecule has 1 aliphatic rings. The largest absolute Gasteiger partial charge is 0.352 e. The molecule has 11 heteroatoms. The van der Waals surface area contributed by atoms with Gasteiger partial charge in [-0.05, 0) is 49.9 Å². The van der Waals surface area contributed by atoms with Crippen LogP contribution in [0.2, 0.25) is 0 Å². The van der Waals surface area contributed by atoms with E-state index in [0.717, 1.165) is 41.6 Å². The van der Waals surface area contributed by atoms with E-state index in [2.05, 4.69) is 5.32 Å². The summed E-state index contributed by atoms with van der Waals surface area (Å²) >= 11 is 0. The molecular formula is C30H34N4O6S. The zero-order chi connectivity index (χ0) is 29.4. The average Bonchev–Trinajstić information content (AvgIpc) is 3.50. The molecular weight excluding hydrogens is 544 g/mol. The molecule has 0 aliphatic heterocycles. The Morgan fingerprint density at radius 1 is 0.976 bits per heavy atom. The number of nitrogens with one attached hydrogen (secondary N) is 1. The fourth-order valence-corrected chi connectivity index (χ4v) is 6.40. The molecule has 2 amide bonds. The first-order chi connectivity index (χ1) is 19.7. The molecule has 0 saturated heterocycles. The van der Waals surface area contributed by atoms with E-state index in [1.54, 1.807) is 25.1 Å². The van der Waals surface area contributed by atoms with E-state index < -0.39 is 33.4 Å². The zero-order valence-electron chi connectivity index (χ0n) is 22.9. The topological polar surface area (TPSA) is 130 Å². The normalized spacial score (nSPS) is 14.3. The summed E-state index contributed by atoms with van der Waals surface area (Å²) in [6.45, 7) is 1.17. The van der Waals surface area contributed by atoms with Gasteiger partial charge in [0.25, 0.3) is 15.7 Å². The van der Waals surface area contributed by atoms with Crippen molar-refractivity contribution in [1.29, 1.82) is 0 Å². The number of hydrogen-bond acceptors (Lipinski definition) is 6. The van der Waals surface area contributed by atoms with Crippen molar-refractivity contribution in [1.82, 2.24) is 10.2 Å². The predicted octanol–water partition coefficient (Wildman–Crippen LogP) is 4.31. The van der Waals surface area contributed by atoms with E-state index in [0.29, 0.717) is 6.42 Å². The summed E-state index contributed by atoms with van der Waals surface area (Å²) in [5, 5.41) is 14.5. The van der Waals surface area contributed by atoms with E-state index in [4.69, 9.17) is 0 Å². The van der Waals surface area contributed by atoms with Crippen LogP contribution < -0.4 is 9.62 Å². The second-order valence-corrected chi connectivity index (χ2v) is 12.0. The number of nitrogens with zero attached hydrogens (tertiary/aromatic N) is 3. The molecule has 1 aliphatic carbocycles. The van der Waals surface area contributed by atoms with Crippen LogP contribution in [0.25, 0.3) is 0 Å². The van der Waals surface area contributed by atoms with Crippen molar-refractivity contribution < 1.29 is 22.9 Å². The number of nitro groups is 1. The van der Waals surface area contributed by atoms with Crippen LogP contribution in [0.4, 0.5) is 11.4 Å². The van der Waals surface area contributed by atoms with Gasteiger partial charge in [0.2, 0.25) is 11.8 Å². The number of carbonyl (C=O) groups is 2. The van der Waals surface area contributed by atoms with Crippen LogP contribution in [0.5, 0.6) is 0 Å². The van der Waals surface area contributed by atoms with Crippen molar-refractivity contribution in [2.45, 2.75) is 56.0 Å². The Balaban J connectivity index is 1.67. The van der Waals surface area contributed by atoms with Gasteiger partial charge in [0, 0.05) is 24.7 Å². The fraction of sp³-hybridized carbons (Fsp3) is 0.333. The Morgan fingerprint density at radius 3 is 2.24 bits per heavy atom. The second kappa shape index (κ2) is 13.4. The highest BCUT2D eigenvalue weighted by Gasteiger charge is 2.33. The molecule has 10 nitrogen and oxygen atoms in total. The molecule has 41 heavy (non-hydrogen) atoms. The van der Waals surface area contributed by atoms with Crippen LogP contribution in [-0.4, -0.2) is 55.2 Å². The standard InChI is InChI=1S/C30H34N4O6S/c1-23(30(36)31-25-13-8-9-14-25)32(20-19-24-11-4-2-5-12-24)29(35)22-33(26-15-10-16-27(21-26)34(37)38)41(39,40)28-17-6-3-7-18-28/h2-7,10-12,15-18,21,23,25H,8-9,13-14,19-20,22H2,1H3,(H,31,36)/t23-/m0/s1. The van der Waals surface area contributed by atoms with E-state index in [-0.39, 0.29) is 34.8 Å². The summed E-state index contributed by atoms with van der Waals surface area (Å²) in [5.74, 6) is -0.896. The first-order valence-corrected chi connectivity index (χ1v) is 15.1. The number of non-ortho nitro benzene ring substituents is 1. The number of benzene rings is 3. The predicted molar refractivity (Wildman–Crippen MR) is 156 cm³/mol. The van der Waals surface area contributed by atoms with Gasteiger partial charge in [0.15, 0.2) is 0 Å². The Kier molecular flexibility index (Phi) is 9.72. The van der Waals surface area contributed by atoms with E-state index in [1.807, 2.05) is 30.3 Å². The lowest BCUT2D eigenvalue weighted by atomic mass is 10.1. The van der Waals surface area contributed by atoms with Crippen molar-refractivity contribution >= 4 is 33.2 Å². The third-order valence-electron chi connectivity index (χ3n) is 7.29. The van der Waals surface area contributed by atoms with Crippen LogP contribution in [0, 0.1) is 10.1 Å². The van der Waals surface area contributed by atoms with Crippen LogP contribution in [0.3, 0.4) is 0 Å². The van der Waals surface area contributed by atoms with Crippen LogP contribution in [0.1, 0.15) is 38.2 Å². The molecule has 0 spiro atoms. The Bertz CT molecular complexity index is 1460. The van der Waals surface area contributed by atoms with Crippen molar-refractivity contribution in [3.05, 3.63) is 101 Å². The lowest BCUT2D eigenvalue weighted by molar-refractivity contribution is -0.384. The van der Waals surface area contributed by atoms with Gasteiger partial charge in [-0.2, -0.15) is 0 Å². The molecule has 4 rings (SSSR count). The van der Waals surface area contributed by atoms with E-state index in [1.165, 1.54) is 35.2 Å². The van der Waals surface area contributed by atoms with Gasteiger partial charge in [-0.25, -0.2) is 8.42 Å². The fourth-order valence-electron chi connectivity index (χ4n) is 4.97. The zero-order valence-corrected chi connectivity index (χ0v) is 23.7. The Labute approximate surface area is 240 Å². The van der Waals surface area contributed by atoms with Gasteiger partial charge in [-0.3, -0.25) is 24.0 Å². The number of nitro benzene ring substituents is 1. The van der Waals surface area contributed by atoms with E-state index in [9.17, 15) is 28.1 Å². The molecule has 3 aromatic carbocycles. The maximum Gasteiger partial charge on any atom is 0.271 e. The summed E-state index contributed by atoms with van der Waals surface area (Å²) in [4.78, 5) is 39.3. The monoisotopic (exact) mass is 578 g/mol. The van der Waals surface area contributed by atoms with Gasteiger partial charge < -0.3 is 10.2 Å². The van der Waals surface area contributed by atoms with Crippen LogP contribution in [0.15, 0.2) is 89.8 Å². The third-order valence-corrected chi connectivity index (χ3v) is 9.08. The summed E-state index contributed by atoms with van der Waals surface area (Å²) in [5.41, 5.74) is 0.622. The third kappa shape index (κ3) is 7.49. The van der Waals surface area contributed by atoms with Crippen LogP contribution >= 0.6 is 0 Å². The summed E-state index contributed by atoms with van der Waals surface area (Å²) in [6.07, 6.45) is 4.28. The summed E-state index contributed by atoms with van der Waals surface area (Å²) in [7, 11) is -4.29. The first-order valence-electron chi connectivity index (χ1n) is 13.6. The summed E-state index contributed by atoms with van der Waals surface area (Å²) in [6, 6.07) is 21.4. The molecule has 0 heterocycles. The highest BCUT2D eigenvalue weighted by Crippen LogP contribution is 2.27. The molecule has 1 atom stereocenters. The number of anilines is 1. The van der Waals surface area contributed by atoms with Crippen molar-refractivity contribution in [2.24, 2.45) is 0 Å². The molecule has 216 valence electrons. The second-order valence-electron chi connectivity index (χ2n) is 10.1. The van der Waals surface area contributed by atoms with E-state index >= 15 is 0 Å². The molecule has 0 aromatic heterocycles. The quantitative estimate of drug-likeness (QED) is 0.252. The molecule has 1 fully saturated rings. The lowest BCUT2D eigenvalue weighted by Gasteiger charge is -2.32. The molecule has 1 N–H and O–H groups in total. The number of sulfonamides is 1.